The fourth-order valence-corrected chi connectivity index (χ4v) is 2.69. The van der Waals surface area contributed by atoms with Crippen LogP contribution in [0, 0.1) is 6.92 Å². The SMILES string of the molecule is Cc1cc2nccnc2cc1[C@H]1CCCNC1. The third kappa shape index (κ3) is 2.03. The molecule has 3 heteroatoms. The van der Waals surface area contributed by atoms with E-state index in [0.717, 1.165) is 24.1 Å². The minimum Gasteiger partial charge on any atom is -0.316 e. The molecule has 0 radical (unpaired) electrons. The quantitative estimate of drug-likeness (QED) is 0.813. The number of benzene rings is 1. The summed E-state index contributed by atoms with van der Waals surface area (Å²) < 4.78 is 0. The normalized spacial score (nSPS) is 20.6. The number of fused-ring (bicyclic) bond motifs is 1. The Bertz CT molecular complexity index is 530. The van der Waals surface area contributed by atoms with E-state index in [1.807, 2.05) is 0 Å². The first-order valence-electron chi connectivity index (χ1n) is 6.26. The lowest BCUT2D eigenvalue weighted by Gasteiger charge is -2.24. The van der Waals surface area contributed by atoms with Gasteiger partial charge in [-0.05, 0) is 55.5 Å². The molecule has 1 fully saturated rings. The van der Waals surface area contributed by atoms with Gasteiger partial charge in [0.25, 0.3) is 0 Å². The third-order valence-electron chi connectivity index (χ3n) is 3.59. The second-order valence-corrected chi connectivity index (χ2v) is 4.80. The summed E-state index contributed by atoms with van der Waals surface area (Å²) in [7, 11) is 0. The molecule has 3 rings (SSSR count). The molecule has 88 valence electrons. The van der Waals surface area contributed by atoms with Crippen LogP contribution in [0.4, 0.5) is 0 Å². The molecule has 2 heterocycles. The summed E-state index contributed by atoms with van der Waals surface area (Å²) in [5, 5.41) is 3.47. The Hall–Kier alpha value is -1.48. The van der Waals surface area contributed by atoms with E-state index >= 15 is 0 Å². The van der Waals surface area contributed by atoms with Gasteiger partial charge in [0.1, 0.15) is 0 Å². The van der Waals surface area contributed by atoms with Gasteiger partial charge in [-0.25, -0.2) is 0 Å². The molecule has 1 aliphatic rings. The lowest BCUT2D eigenvalue weighted by Crippen LogP contribution is -2.28. The summed E-state index contributed by atoms with van der Waals surface area (Å²) in [5.74, 6) is 0.634. The maximum Gasteiger partial charge on any atom is 0.0889 e. The standard InChI is InChI=1S/C14H17N3/c1-10-7-13-14(17-6-5-16-13)8-12(10)11-3-2-4-15-9-11/h5-8,11,15H,2-4,9H2,1H3/t11-/m0/s1. The number of piperidine rings is 1. The molecule has 3 nitrogen and oxygen atoms in total. The number of rotatable bonds is 1. The molecule has 1 atom stereocenters. The van der Waals surface area contributed by atoms with Gasteiger partial charge in [0.15, 0.2) is 0 Å². The van der Waals surface area contributed by atoms with Gasteiger partial charge in [-0.1, -0.05) is 0 Å². The van der Waals surface area contributed by atoms with Crippen LogP contribution in [-0.2, 0) is 0 Å². The van der Waals surface area contributed by atoms with E-state index < -0.39 is 0 Å². The number of hydrogen-bond acceptors (Lipinski definition) is 3. The highest BCUT2D eigenvalue weighted by molar-refractivity contribution is 5.76. The molecular weight excluding hydrogens is 210 g/mol. The van der Waals surface area contributed by atoms with Crippen LogP contribution in [-0.4, -0.2) is 23.1 Å². The molecular formula is C14H17N3. The Labute approximate surface area is 101 Å². The minimum absolute atomic E-state index is 0.634. The highest BCUT2D eigenvalue weighted by Crippen LogP contribution is 2.28. The Kier molecular flexibility index (Phi) is 2.77. The van der Waals surface area contributed by atoms with Crippen LogP contribution in [0.2, 0.25) is 0 Å². The number of aromatic nitrogens is 2. The minimum atomic E-state index is 0.634. The number of nitrogens with one attached hydrogen (secondary N) is 1. The Balaban J connectivity index is 2.06. The molecule has 0 unspecified atom stereocenters. The van der Waals surface area contributed by atoms with Gasteiger partial charge in [-0.15, -0.1) is 0 Å². The molecule has 1 aromatic heterocycles. The van der Waals surface area contributed by atoms with Gasteiger partial charge in [0.2, 0.25) is 0 Å². The van der Waals surface area contributed by atoms with Crippen LogP contribution in [0.1, 0.15) is 29.9 Å². The monoisotopic (exact) mass is 227 g/mol. The van der Waals surface area contributed by atoms with Gasteiger partial charge >= 0.3 is 0 Å². The van der Waals surface area contributed by atoms with Crippen LogP contribution >= 0.6 is 0 Å². The third-order valence-corrected chi connectivity index (χ3v) is 3.59. The molecule has 0 saturated carbocycles. The first-order valence-corrected chi connectivity index (χ1v) is 6.26. The number of hydrogen-bond donors (Lipinski definition) is 1. The topological polar surface area (TPSA) is 37.8 Å². The molecule has 1 aromatic carbocycles. The molecule has 0 amide bonds. The molecule has 1 aliphatic heterocycles. The van der Waals surface area contributed by atoms with Gasteiger partial charge < -0.3 is 5.32 Å². The summed E-state index contributed by atoms with van der Waals surface area (Å²) in [4.78, 5) is 8.75. The summed E-state index contributed by atoms with van der Waals surface area (Å²) in [6.45, 7) is 4.42. The van der Waals surface area contributed by atoms with Crippen LogP contribution in [0.15, 0.2) is 24.5 Å². The lowest BCUT2D eigenvalue weighted by molar-refractivity contribution is 0.460. The highest BCUT2D eigenvalue weighted by Gasteiger charge is 2.17. The average Bonchev–Trinajstić information content (AvgIpc) is 2.39. The van der Waals surface area contributed by atoms with Crippen molar-refractivity contribution in [3.63, 3.8) is 0 Å². The van der Waals surface area contributed by atoms with E-state index in [2.05, 4.69) is 34.3 Å². The van der Waals surface area contributed by atoms with E-state index in [-0.39, 0.29) is 0 Å². The van der Waals surface area contributed by atoms with Crippen LogP contribution in [0.5, 0.6) is 0 Å². The maximum atomic E-state index is 4.39. The first kappa shape index (κ1) is 10.7. The fraction of sp³-hybridized carbons (Fsp3) is 0.429. The summed E-state index contributed by atoms with van der Waals surface area (Å²) >= 11 is 0. The molecule has 1 N–H and O–H groups in total. The molecule has 0 bridgehead atoms. The van der Waals surface area contributed by atoms with Crippen molar-refractivity contribution in [1.82, 2.24) is 15.3 Å². The van der Waals surface area contributed by atoms with Crippen molar-refractivity contribution in [2.24, 2.45) is 0 Å². The number of nitrogens with zero attached hydrogens (tertiary/aromatic N) is 2. The van der Waals surface area contributed by atoms with Crippen molar-refractivity contribution >= 4 is 11.0 Å². The van der Waals surface area contributed by atoms with Gasteiger partial charge in [-0.2, -0.15) is 0 Å². The van der Waals surface area contributed by atoms with E-state index in [1.54, 1.807) is 12.4 Å². The van der Waals surface area contributed by atoms with Crippen molar-refractivity contribution in [2.75, 3.05) is 13.1 Å². The average molecular weight is 227 g/mol. The summed E-state index contributed by atoms with van der Waals surface area (Å²) in [6, 6.07) is 4.38. The molecule has 0 spiro atoms. The predicted octanol–water partition coefficient (Wildman–Crippen LogP) is 2.41. The second kappa shape index (κ2) is 4.41. The molecule has 17 heavy (non-hydrogen) atoms. The van der Waals surface area contributed by atoms with Crippen molar-refractivity contribution in [3.05, 3.63) is 35.7 Å². The summed E-state index contributed by atoms with van der Waals surface area (Å²) in [5.41, 5.74) is 4.79. The molecule has 2 aromatic rings. The van der Waals surface area contributed by atoms with E-state index in [1.165, 1.54) is 24.0 Å². The van der Waals surface area contributed by atoms with Gasteiger partial charge in [0, 0.05) is 18.9 Å². The number of aryl methyl sites for hydroxylation is 1. The fourth-order valence-electron chi connectivity index (χ4n) is 2.69. The Morgan fingerprint density at radius 3 is 2.65 bits per heavy atom. The molecule has 0 aliphatic carbocycles. The van der Waals surface area contributed by atoms with Gasteiger partial charge in [0.05, 0.1) is 11.0 Å². The zero-order chi connectivity index (χ0) is 11.7. The summed E-state index contributed by atoms with van der Waals surface area (Å²) in [6.07, 6.45) is 6.06. The van der Waals surface area contributed by atoms with E-state index in [4.69, 9.17) is 0 Å². The van der Waals surface area contributed by atoms with Crippen LogP contribution in [0.25, 0.3) is 11.0 Å². The highest BCUT2D eigenvalue weighted by atomic mass is 14.9. The van der Waals surface area contributed by atoms with E-state index in [0.29, 0.717) is 5.92 Å². The Morgan fingerprint density at radius 1 is 1.18 bits per heavy atom. The van der Waals surface area contributed by atoms with Crippen LogP contribution in [0.3, 0.4) is 0 Å². The maximum absolute atomic E-state index is 4.39. The Morgan fingerprint density at radius 2 is 1.94 bits per heavy atom. The van der Waals surface area contributed by atoms with Crippen molar-refractivity contribution in [2.45, 2.75) is 25.7 Å². The van der Waals surface area contributed by atoms with Crippen molar-refractivity contribution in [1.29, 1.82) is 0 Å². The smallest absolute Gasteiger partial charge is 0.0889 e. The zero-order valence-electron chi connectivity index (χ0n) is 10.1. The lowest BCUT2D eigenvalue weighted by atomic mass is 9.88. The van der Waals surface area contributed by atoms with Crippen molar-refractivity contribution < 1.29 is 0 Å². The zero-order valence-corrected chi connectivity index (χ0v) is 10.1. The van der Waals surface area contributed by atoms with Gasteiger partial charge in [-0.3, -0.25) is 9.97 Å². The second-order valence-electron chi connectivity index (χ2n) is 4.80. The van der Waals surface area contributed by atoms with E-state index in [9.17, 15) is 0 Å². The predicted molar refractivity (Wildman–Crippen MR) is 69.1 cm³/mol. The molecule has 1 saturated heterocycles. The van der Waals surface area contributed by atoms with Crippen molar-refractivity contribution in [3.8, 4) is 0 Å². The first-order chi connectivity index (χ1) is 8.34. The largest absolute Gasteiger partial charge is 0.316 e. The van der Waals surface area contributed by atoms with Crippen LogP contribution < -0.4 is 5.32 Å².